The lowest BCUT2D eigenvalue weighted by Gasteiger charge is -2.03. The summed E-state index contributed by atoms with van der Waals surface area (Å²) >= 11 is 0. The predicted molar refractivity (Wildman–Crippen MR) is 101 cm³/mol. The fourth-order valence-electron chi connectivity index (χ4n) is 2.34. The maximum absolute atomic E-state index is 10.7. The number of allylic oxidation sites excluding steroid dienone is 5. The minimum Gasteiger partial charge on any atom is -0.475 e. The van der Waals surface area contributed by atoms with Crippen molar-refractivity contribution in [2.45, 2.75) is 57.8 Å². The van der Waals surface area contributed by atoms with E-state index in [1.165, 1.54) is 31.7 Å². The van der Waals surface area contributed by atoms with E-state index in [1.54, 1.807) is 6.07 Å². The van der Waals surface area contributed by atoms with Crippen molar-refractivity contribution in [1.82, 2.24) is 0 Å². The summed E-state index contributed by atoms with van der Waals surface area (Å²) in [6.07, 6.45) is 20.9. The molecule has 4 heteroatoms. The molecule has 0 unspecified atom stereocenters. The predicted octanol–water partition coefficient (Wildman–Crippen LogP) is 6.17. The average molecular weight is 346 g/mol. The van der Waals surface area contributed by atoms with Crippen LogP contribution < -0.4 is 4.74 Å². The lowest BCUT2D eigenvalue weighted by atomic mass is 10.1. The van der Waals surface area contributed by atoms with Crippen LogP contribution in [0.5, 0.6) is 5.95 Å². The molecule has 0 aromatic carbocycles. The van der Waals surface area contributed by atoms with Gasteiger partial charge in [-0.05, 0) is 38.2 Å². The van der Waals surface area contributed by atoms with Gasteiger partial charge in [0.1, 0.15) is 0 Å². The van der Waals surface area contributed by atoms with Gasteiger partial charge in [0.2, 0.25) is 5.76 Å². The highest BCUT2D eigenvalue weighted by Gasteiger charge is 2.09. The standard InChI is InChI=1S/C21H30O4/c1-2-3-4-5-6-7-8-9-10-11-12-13-14-15-18-24-20-17-16-19(25-20)21(22)23/h2,4-5,7-8,16-17H,1,3,6,9-15,18H2,(H,22,23). The Morgan fingerprint density at radius 2 is 1.68 bits per heavy atom. The van der Waals surface area contributed by atoms with Crippen LogP contribution in [0.25, 0.3) is 0 Å². The van der Waals surface area contributed by atoms with E-state index in [0.29, 0.717) is 6.61 Å². The SMILES string of the molecule is C=CCC=CCC=CCCCCCCCCOc1ccc(C(=O)O)o1. The molecular weight excluding hydrogens is 316 g/mol. The van der Waals surface area contributed by atoms with E-state index >= 15 is 0 Å². The molecule has 0 saturated carbocycles. The third kappa shape index (κ3) is 11.0. The molecule has 0 aliphatic rings. The normalized spacial score (nSPS) is 11.4. The zero-order valence-electron chi connectivity index (χ0n) is 15.0. The lowest BCUT2D eigenvalue weighted by Crippen LogP contribution is -1.96. The van der Waals surface area contributed by atoms with E-state index in [9.17, 15) is 4.79 Å². The van der Waals surface area contributed by atoms with E-state index < -0.39 is 5.97 Å². The Kier molecular flexibility index (Phi) is 11.8. The number of hydrogen-bond acceptors (Lipinski definition) is 3. The van der Waals surface area contributed by atoms with Crippen molar-refractivity contribution in [3.8, 4) is 5.95 Å². The molecule has 0 radical (unpaired) electrons. The fraction of sp³-hybridized carbons (Fsp3) is 0.476. The Morgan fingerprint density at radius 1 is 1.00 bits per heavy atom. The summed E-state index contributed by atoms with van der Waals surface area (Å²) in [6, 6.07) is 2.95. The first-order valence-electron chi connectivity index (χ1n) is 9.11. The minimum absolute atomic E-state index is 0.0863. The minimum atomic E-state index is -1.08. The average Bonchev–Trinajstić information content (AvgIpc) is 3.07. The van der Waals surface area contributed by atoms with Gasteiger partial charge in [0.25, 0.3) is 5.95 Å². The van der Waals surface area contributed by atoms with Crippen LogP contribution in [0.3, 0.4) is 0 Å². The van der Waals surface area contributed by atoms with Gasteiger partial charge in [-0.25, -0.2) is 4.79 Å². The number of carboxylic acid groups (broad SMARTS) is 1. The van der Waals surface area contributed by atoms with Crippen LogP contribution in [-0.2, 0) is 0 Å². The monoisotopic (exact) mass is 346 g/mol. The van der Waals surface area contributed by atoms with E-state index in [4.69, 9.17) is 14.3 Å². The molecule has 1 heterocycles. The van der Waals surface area contributed by atoms with Crippen LogP contribution in [0.2, 0.25) is 0 Å². The maximum Gasteiger partial charge on any atom is 0.371 e. The topological polar surface area (TPSA) is 59.7 Å². The van der Waals surface area contributed by atoms with Crippen molar-refractivity contribution >= 4 is 5.97 Å². The highest BCUT2D eigenvalue weighted by molar-refractivity contribution is 5.84. The van der Waals surface area contributed by atoms with Crippen molar-refractivity contribution in [2.75, 3.05) is 6.61 Å². The van der Waals surface area contributed by atoms with Gasteiger partial charge in [0, 0.05) is 6.07 Å². The van der Waals surface area contributed by atoms with Gasteiger partial charge in [0.15, 0.2) is 0 Å². The van der Waals surface area contributed by atoms with Crippen LogP contribution in [-0.4, -0.2) is 17.7 Å². The summed E-state index contributed by atoms with van der Waals surface area (Å²) in [6.45, 7) is 4.24. The fourth-order valence-corrected chi connectivity index (χ4v) is 2.34. The number of aromatic carboxylic acids is 1. The van der Waals surface area contributed by atoms with Gasteiger partial charge < -0.3 is 14.3 Å². The summed E-state index contributed by atoms with van der Waals surface area (Å²) in [4.78, 5) is 10.7. The molecule has 0 saturated heterocycles. The second kappa shape index (κ2) is 14.1. The summed E-state index contributed by atoms with van der Waals surface area (Å²) in [5, 5.41) is 8.74. The van der Waals surface area contributed by atoms with E-state index in [1.807, 2.05) is 6.08 Å². The van der Waals surface area contributed by atoms with Crippen LogP contribution in [0, 0.1) is 0 Å². The quantitative estimate of drug-likeness (QED) is 0.305. The van der Waals surface area contributed by atoms with Crippen molar-refractivity contribution in [2.24, 2.45) is 0 Å². The van der Waals surface area contributed by atoms with Crippen molar-refractivity contribution in [1.29, 1.82) is 0 Å². The second-order valence-electron chi connectivity index (χ2n) is 5.89. The van der Waals surface area contributed by atoms with E-state index in [2.05, 4.69) is 30.9 Å². The van der Waals surface area contributed by atoms with Crippen LogP contribution in [0.15, 0.2) is 53.5 Å². The number of unbranched alkanes of at least 4 members (excludes halogenated alkanes) is 6. The zero-order valence-corrected chi connectivity index (χ0v) is 15.0. The molecule has 25 heavy (non-hydrogen) atoms. The second-order valence-corrected chi connectivity index (χ2v) is 5.89. The Bertz CT molecular complexity index is 540. The zero-order chi connectivity index (χ0) is 18.2. The molecule has 1 rings (SSSR count). The summed E-state index contributed by atoms with van der Waals surface area (Å²) in [5.41, 5.74) is 0. The first kappa shape index (κ1) is 20.8. The van der Waals surface area contributed by atoms with Crippen LogP contribution >= 0.6 is 0 Å². The smallest absolute Gasteiger partial charge is 0.371 e. The number of hydrogen-bond donors (Lipinski definition) is 1. The molecule has 1 N–H and O–H groups in total. The van der Waals surface area contributed by atoms with Crippen molar-refractivity contribution < 1.29 is 19.1 Å². The molecule has 1 aromatic rings. The first-order valence-corrected chi connectivity index (χ1v) is 9.11. The molecule has 4 nitrogen and oxygen atoms in total. The Hall–Kier alpha value is -2.23. The number of carboxylic acids is 1. The molecule has 138 valence electrons. The van der Waals surface area contributed by atoms with Crippen molar-refractivity contribution in [3.05, 3.63) is 54.9 Å². The molecule has 0 amide bonds. The third-order valence-electron chi connectivity index (χ3n) is 3.71. The molecular formula is C21H30O4. The highest BCUT2D eigenvalue weighted by Crippen LogP contribution is 2.16. The Labute approximate surface area is 150 Å². The largest absolute Gasteiger partial charge is 0.475 e. The van der Waals surface area contributed by atoms with Gasteiger partial charge in [-0.3, -0.25) is 0 Å². The molecule has 0 aliphatic carbocycles. The maximum atomic E-state index is 10.7. The molecule has 0 spiro atoms. The summed E-state index contributed by atoms with van der Waals surface area (Å²) < 4.78 is 10.4. The highest BCUT2D eigenvalue weighted by atomic mass is 16.6. The van der Waals surface area contributed by atoms with Gasteiger partial charge in [-0.1, -0.05) is 56.1 Å². The summed E-state index contributed by atoms with van der Waals surface area (Å²) in [5.74, 6) is -0.880. The number of carbonyl (C=O) groups is 1. The molecule has 0 bridgehead atoms. The third-order valence-corrected chi connectivity index (χ3v) is 3.71. The Balaban J connectivity index is 1.87. The number of furan rings is 1. The van der Waals surface area contributed by atoms with Crippen LogP contribution in [0.4, 0.5) is 0 Å². The van der Waals surface area contributed by atoms with E-state index in [0.717, 1.165) is 32.1 Å². The molecule has 0 aliphatic heterocycles. The van der Waals surface area contributed by atoms with Gasteiger partial charge in [-0.2, -0.15) is 0 Å². The molecule has 1 aromatic heterocycles. The van der Waals surface area contributed by atoms with Gasteiger partial charge >= 0.3 is 5.97 Å². The van der Waals surface area contributed by atoms with Gasteiger partial charge in [0.05, 0.1) is 6.61 Å². The van der Waals surface area contributed by atoms with Gasteiger partial charge in [-0.15, -0.1) is 6.58 Å². The van der Waals surface area contributed by atoms with Crippen molar-refractivity contribution in [3.63, 3.8) is 0 Å². The van der Waals surface area contributed by atoms with Crippen LogP contribution in [0.1, 0.15) is 68.3 Å². The Morgan fingerprint density at radius 3 is 2.40 bits per heavy atom. The van der Waals surface area contributed by atoms with E-state index in [-0.39, 0.29) is 11.7 Å². The lowest BCUT2D eigenvalue weighted by molar-refractivity contribution is 0.0653. The first-order chi connectivity index (χ1) is 12.2. The molecule has 0 fully saturated rings. The number of rotatable bonds is 15. The summed E-state index contributed by atoms with van der Waals surface area (Å²) in [7, 11) is 0. The number of ether oxygens (including phenoxy) is 1. The molecule has 0 atom stereocenters.